The van der Waals surface area contributed by atoms with Crippen LogP contribution in [0.5, 0.6) is 0 Å². The van der Waals surface area contributed by atoms with Gasteiger partial charge in [0.2, 0.25) is 5.91 Å². The van der Waals surface area contributed by atoms with E-state index in [0.29, 0.717) is 6.54 Å². The van der Waals surface area contributed by atoms with E-state index in [2.05, 4.69) is 19.2 Å². The lowest BCUT2D eigenvalue weighted by molar-refractivity contribution is -0.129. The molecule has 4 nitrogen and oxygen atoms in total. The molecule has 0 unspecified atom stereocenters. The molecular weight excluding hydrogens is 295 g/mol. The van der Waals surface area contributed by atoms with Crippen molar-refractivity contribution in [1.29, 1.82) is 0 Å². The van der Waals surface area contributed by atoms with Gasteiger partial charge in [-0.05, 0) is 35.7 Å². The molecule has 0 spiro atoms. The highest BCUT2D eigenvalue weighted by atomic mass is 19.1. The summed E-state index contributed by atoms with van der Waals surface area (Å²) in [5, 5.41) is 3.27. The summed E-state index contributed by atoms with van der Waals surface area (Å²) < 4.78 is 18.3. The Balaban J connectivity index is 1.93. The van der Waals surface area contributed by atoms with Gasteiger partial charge in [-0.2, -0.15) is 0 Å². The predicted octanol–water partition coefficient (Wildman–Crippen LogP) is 3.36. The van der Waals surface area contributed by atoms with Gasteiger partial charge in [0.05, 0.1) is 19.4 Å². The van der Waals surface area contributed by atoms with Gasteiger partial charge in [-0.3, -0.25) is 4.79 Å². The molecule has 0 saturated heterocycles. The first-order valence-electron chi connectivity index (χ1n) is 7.72. The van der Waals surface area contributed by atoms with Crippen molar-refractivity contribution in [1.82, 2.24) is 10.2 Å². The predicted molar refractivity (Wildman–Crippen MR) is 87.2 cm³/mol. The summed E-state index contributed by atoms with van der Waals surface area (Å²) in [5.74, 6) is 0.753. The molecule has 1 heterocycles. The Morgan fingerprint density at radius 1 is 1.26 bits per heavy atom. The number of nitrogens with one attached hydrogen (secondary N) is 1. The number of benzene rings is 1. The van der Waals surface area contributed by atoms with Gasteiger partial charge in [-0.25, -0.2) is 4.39 Å². The normalized spacial score (nSPS) is 12.4. The van der Waals surface area contributed by atoms with Crippen LogP contribution in [0.15, 0.2) is 47.1 Å². The Hall–Kier alpha value is -2.14. The lowest BCUT2D eigenvalue weighted by atomic mass is 9.96. The van der Waals surface area contributed by atoms with Crippen molar-refractivity contribution in [2.24, 2.45) is 5.92 Å². The van der Waals surface area contributed by atoms with E-state index in [9.17, 15) is 9.18 Å². The van der Waals surface area contributed by atoms with Gasteiger partial charge in [0.1, 0.15) is 11.6 Å². The highest BCUT2D eigenvalue weighted by Gasteiger charge is 2.18. The lowest BCUT2D eigenvalue weighted by Crippen LogP contribution is -2.38. The maximum absolute atomic E-state index is 13.1. The van der Waals surface area contributed by atoms with Crippen LogP contribution in [0.2, 0.25) is 0 Å². The smallest absolute Gasteiger partial charge is 0.236 e. The van der Waals surface area contributed by atoms with Gasteiger partial charge in [-0.1, -0.05) is 26.0 Å². The van der Waals surface area contributed by atoms with E-state index < -0.39 is 0 Å². The number of hydrogen-bond donors (Lipinski definition) is 1. The minimum Gasteiger partial charge on any atom is -0.467 e. The molecule has 23 heavy (non-hydrogen) atoms. The quantitative estimate of drug-likeness (QED) is 0.851. The molecule has 1 amide bonds. The standard InChI is InChI=1S/C18H23FN2O2/c1-13(2)18(14-6-8-15(19)9-7-14)20-11-17(22)21(3)12-16-5-4-10-23-16/h4-10,13,18,20H,11-12H2,1-3H3/t18-/m0/s1. The van der Waals surface area contributed by atoms with Crippen LogP contribution in [0.3, 0.4) is 0 Å². The molecular formula is C18H23FN2O2. The number of amides is 1. The fourth-order valence-corrected chi connectivity index (χ4v) is 2.47. The number of carbonyl (C=O) groups is 1. The van der Waals surface area contributed by atoms with Crippen molar-refractivity contribution >= 4 is 5.91 Å². The van der Waals surface area contributed by atoms with E-state index in [0.717, 1.165) is 11.3 Å². The van der Waals surface area contributed by atoms with E-state index in [4.69, 9.17) is 4.42 Å². The molecule has 0 bridgehead atoms. The van der Waals surface area contributed by atoms with E-state index >= 15 is 0 Å². The molecule has 0 aliphatic rings. The summed E-state index contributed by atoms with van der Waals surface area (Å²) in [6, 6.07) is 10.0. The van der Waals surface area contributed by atoms with E-state index in [1.54, 1.807) is 36.4 Å². The van der Waals surface area contributed by atoms with Crippen LogP contribution >= 0.6 is 0 Å². The molecule has 1 aromatic carbocycles. The molecule has 0 radical (unpaired) electrons. The van der Waals surface area contributed by atoms with Crippen molar-refractivity contribution < 1.29 is 13.6 Å². The molecule has 1 aromatic heterocycles. The Labute approximate surface area is 136 Å². The third-order valence-corrected chi connectivity index (χ3v) is 3.77. The molecule has 1 atom stereocenters. The molecule has 0 aliphatic heterocycles. The fourth-order valence-electron chi connectivity index (χ4n) is 2.47. The summed E-state index contributed by atoms with van der Waals surface area (Å²) in [6.07, 6.45) is 1.59. The van der Waals surface area contributed by atoms with Gasteiger partial charge in [-0.15, -0.1) is 0 Å². The van der Waals surface area contributed by atoms with Crippen molar-refractivity contribution in [3.05, 3.63) is 59.8 Å². The Kier molecular flexibility index (Phi) is 5.93. The number of likely N-dealkylation sites (N-methyl/N-ethyl adjacent to an activating group) is 1. The summed E-state index contributed by atoms with van der Waals surface area (Å²) in [6.45, 7) is 4.80. The average Bonchev–Trinajstić information content (AvgIpc) is 3.01. The molecule has 2 aromatic rings. The van der Waals surface area contributed by atoms with E-state index in [-0.39, 0.29) is 30.2 Å². The van der Waals surface area contributed by atoms with E-state index in [1.165, 1.54) is 12.1 Å². The third kappa shape index (κ3) is 4.93. The molecule has 0 saturated carbocycles. The number of rotatable bonds is 7. The Bertz CT molecular complexity index is 608. The summed E-state index contributed by atoms with van der Waals surface area (Å²) >= 11 is 0. The third-order valence-electron chi connectivity index (χ3n) is 3.77. The molecule has 0 aliphatic carbocycles. The highest BCUT2D eigenvalue weighted by Crippen LogP contribution is 2.21. The van der Waals surface area contributed by atoms with Crippen molar-refractivity contribution in [2.75, 3.05) is 13.6 Å². The van der Waals surface area contributed by atoms with Crippen LogP contribution in [0, 0.1) is 11.7 Å². The summed E-state index contributed by atoms with van der Waals surface area (Å²) in [4.78, 5) is 13.9. The zero-order chi connectivity index (χ0) is 16.8. The minimum atomic E-state index is -0.259. The van der Waals surface area contributed by atoms with Crippen molar-refractivity contribution in [2.45, 2.75) is 26.4 Å². The van der Waals surface area contributed by atoms with Crippen molar-refractivity contribution in [3.63, 3.8) is 0 Å². The molecule has 1 N–H and O–H groups in total. The molecule has 2 rings (SSSR count). The zero-order valence-electron chi connectivity index (χ0n) is 13.8. The summed E-state index contributed by atoms with van der Waals surface area (Å²) in [5.41, 5.74) is 0.975. The maximum Gasteiger partial charge on any atom is 0.236 e. The van der Waals surface area contributed by atoms with Gasteiger partial charge in [0.15, 0.2) is 0 Å². The first-order chi connectivity index (χ1) is 11.0. The molecule has 5 heteroatoms. The SMILES string of the molecule is CC(C)[C@H](NCC(=O)N(C)Cc1ccco1)c1ccc(F)cc1. The van der Waals surface area contributed by atoms with Gasteiger partial charge in [0.25, 0.3) is 0 Å². The van der Waals surface area contributed by atoms with Crippen LogP contribution in [0.4, 0.5) is 4.39 Å². The Morgan fingerprint density at radius 2 is 1.96 bits per heavy atom. The zero-order valence-corrected chi connectivity index (χ0v) is 13.8. The number of furan rings is 1. The second-order valence-corrected chi connectivity index (χ2v) is 5.98. The van der Waals surface area contributed by atoms with Crippen LogP contribution in [-0.2, 0) is 11.3 Å². The van der Waals surface area contributed by atoms with Crippen LogP contribution < -0.4 is 5.32 Å². The second-order valence-electron chi connectivity index (χ2n) is 5.98. The second kappa shape index (κ2) is 7.92. The lowest BCUT2D eigenvalue weighted by Gasteiger charge is -2.24. The first kappa shape index (κ1) is 17.2. The number of carbonyl (C=O) groups excluding carboxylic acids is 1. The monoisotopic (exact) mass is 318 g/mol. The topological polar surface area (TPSA) is 45.5 Å². The van der Waals surface area contributed by atoms with Gasteiger partial charge < -0.3 is 14.6 Å². The molecule has 0 fully saturated rings. The van der Waals surface area contributed by atoms with Crippen LogP contribution in [0.25, 0.3) is 0 Å². The van der Waals surface area contributed by atoms with Crippen molar-refractivity contribution in [3.8, 4) is 0 Å². The number of hydrogen-bond acceptors (Lipinski definition) is 3. The Morgan fingerprint density at radius 3 is 2.52 bits per heavy atom. The number of halogens is 1. The minimum absolute atomic E-state index is 0.00318. The summed E-state index contributed by atoms with van der Waals surface area (Å²) in [7, 11) is 1.74. The maximum atomic E-state index is 13.1. The average molecular weight is 318 g/mol. The molecule has 124 valence electrons. The first-order valence-corrected chi connectivity index (χ1v) is 7.72. The largest absolute Gasteiger partial charge is 0.467 e. The number of nitrogens with zero attached hydrogens (tertiary/aromatic N) is 1. The fraction of sp³-hybridized carbons (Fsp3) is 0.389. The van der Waals surface area contributed by atoms with E-state index in [1.807, 2.05) is 6.07 Å². The van der Waals surface area contributed by atoms with Crippen LogP contribution in [0.1, 0.15) is 31.2 Å². The highest BCUT2D eigenvalue weighted by molar-refractivity contribution is 5.77. The van der Waals surface area contributed by atoms with Gasteiger partial charge >= 0.3 is 0 Å². The van der Waals surface area contributed by atoms with Gasteiger partial charge in [0, 0.05) is 13.1 Å². The van der Waals surface area contributed by atoms with Crippen LogP contribution in [-0.4, -0.2) is 24.4 Å².